The van der Waals surface area contributed by atoms with E-state index in [0.29, 0.717) is 19.0 Å². The van der Waals surface area contributed by atoms with Gasteiger partial charge in [0.25, 0.3) is 0 Å². The van der Waals surface area contributed by atoms with Gasteiger partial charge in [-0.1, -0.05) is 18.2 Å². The van der Waals surface area contributed by atoms with E-state index in [0.717, 1.165) is 36.5 Å². The van der Waals surface area contributed by atoms with Gasteiger partial charge in [-0.05, 0) is 36.1 Å². The zero-order chi connectivity index (χ0) is 17.5. The predicted octanol–water partition coefficient (Wildman–Crippen LogP) is 2.42. The Morgan fingerprint density at radius 2 is 2.16 bits per heavy atom. The van der Waals surface area contributed by atoms with Gasteiger partial charge in [0.15, 0.2) is 0 Å². The fourth-order valence-electron chi connectivity index (χ4n) is 3.09. The topological polar surface area (TPSA) is 66.5 Å². The summed E-state index contributed by atoms with van der Waals surface area (Å²) >= 11 is 0. The molecule has 0 bridgehead atoms. The Balaban J connectivity index is 1.43. The van der Waals surface area contributed by atoms with Crippen LogP contribution in [-0.2, 0) is 6.54 Å². The van der Waals surface area contributed by atoms with E-state index in [1.165, 1.54) is 0 Å². The quantitative estimate of drug-likeness (QED) is 0.847. The number of rotatable bonds is 6. The number of anilines is 1. The molecule has 25 heavy (non-hydrogen) atoms. The molecule has 0 saturated carbocycles. The van der Waals surface area contributed by atoms with Crippen molar-refractivity contribution in [2.45, 2.75) is 13.0 Å². The van der Waals surface area contributed by atoms with E-state index in [2.05, 4.69) is 26.6 Å². The van der Waals surface area contributed by atoms with Gasteiger partial charge in [0.05, 0.1) is 12.8 Å². The molecule has 2 heterocycles. The number of carbonyl (C=O) groups is 1. The monoisotopic (exact) mass is 340 g/mol. The van der Waals surface area contributed by atoms with E-state index in [1.807, 2.05) is 30.3 Å². The summed E-state index contributed by atoms with van der Waals surface area (Å²) in [5.74, 6) is 1.33. The third-order valence-corrected chi connectivity index (χ3v) is 4.44. The van der Waals surface area contributed by atoms with Crippen LogP contribution in [0.15, 0.2) is 48.8 Å². The number of hydrogen-bond donors (Lipinski definition) is 2. The largest absolute Gasteiger partial charge is 0.495 e. The van der Waals surface area contributed by atoms with Crippen molar-refractivity contribution in [3.05, 3.63) is 54.4 Å². The van der Waals surface area contributed by atoms with Gasteiger partial charge in [0.2, 0.25) is 0 Å². The van der Waals surface area contributed by atoms with E-state index < -0.39 is 0 Å². The van der Waals surface area contributed by atoms with Gasteiger partial charge in [-0.2, -0.15) is 0 Å². The fraction of sp³-hybridized carbons (Fsp3) is 0.368. The van der Waals surface area contributed by atoms with Crippen molar-refractivity contribution in [2.24, 2.45) is 5.92 Å². The van der Waals surface area contributed by atoms with E-state index in [-0.39, 0.29) is 6.03 Å². The first-order valence-corrected chi connectivity index (χ1v) is 8.55. The fourth-order valence-corrected chi connectivity index (χ4v) is 3.09. The van der Waals surface area contributed by atoms with Gasteiger partial charge in [-0.25, -0.2) is 4.79 Å². The lowest BCUT2D eigenvalue weighted by Crippen LogP contribution is -2.38. The van der Waals surface area contributed by atoms with E-state index in [4.69, 9.17) is 4.74 Å². The van der Waals surface area contributed by atoms with Gasteiger partial charge in [0, 0.05) is 38.6 Å². The van der Waals surface area contributed by atoms with Crippen LogP contribution in [0, 0.1) is 5.92 Å². The third kappa shape index (κ3) is 4.62. The summed E-state index contributed by atoms with van der Waals surface area (Å²) in [5, 5.41) is 5.83. The van der Waals surface area contributed by atoms with Crippen LogP contribution >= 0.6 is 0 Å². The molecule has 2 aromatic rings. The normalized spacial score (nSPS) is 16.5. The van der Waals surface area contributed by atoms with Crippen LogP contribution in [0.1, 0.15) is 12.0 Å². The van der Waals surface area contributed by atoms with Crippen LogP contribution in [0.4, 0.5) is 10.5 Å². The number of urea groups is 1. The summed E-state index contributed by atoms with van der Waals surface area (Å²) in [6.45, 7) is 3.05. The molecule has 3 rings (SSSR count). The second-order valence-corrected chi connectivity index (χ2v) is 6.20. The molecule has 0 unspecified atom stereocenters. The van der Waals surface area contributed by atoms with Crippen molar-refractivity contribution >= 4 is 11.7 Å². The zero-order valence-corrected chi connectivity index (χ0v) is 14.4. The molecule has 1 aromatic heterocycles. The Hall–Kier alpha value is -2.76. The lowest BCUT2D eigenvalue weighted by molar-refractivity contribution is 0.239. The molecule has 1 fully saturated rings. The maximum atomic E-state index is 11.9. The average molecular weight is 340 g/mol. The summed E-state index contributed by atoms with van der Waals surface area (Å²) in [5.41, 5.74) is 2.11. The second kappa shape index (κ2) is 8.37. The highest BCUT2D eigenvalue weighted by molar-refractivity contribution is 5.73. The van der Waals surface area contributed by atoms with Crippen molar-refractivity contribution in [1.82, 2.24) is 15.6 Å². The highest BCUT2D eigenvalue weighted by atomic mass is 16.5. The molecule has 2 N–H and O–H groups in total. The number of hydrogen-bond acceptors (Lipinski definition) is 4. The zero-order valence-electron chi connectivity index (χ0n) is 14.4. The number of carbonyl (C=O) groups excluding carboxylic acids is 1. The lowest BCUT2D eigenvalue weighted by Gasteiger charge is -2.21. The SMILES string of the molecule is COc1ccccc1N1CC[C@@H](CNC(=O)NCc2cccnc2)C1. The molecule has 1 saturated heterocycles. The Kier molecular flexibility index (Phi) is 5.72. The molecule has 1 atom stereocenters. The molecule has 2 amide bonds. The first-order valence-electron chi connectivity index (χ1n) is 8.55. The molecule has 0 spiro atoms. The minimum absolute atomic E-state index is 0.139. The van der Waals surface area contributed by atoms with Crippen LogP contribution in [0.25, 0.3) is 0 Å². The van der Waals surface area contributed by atoms with E-state index >= 15 is 0 Å². The molecule has 0 aliphatic carbocycles. The minimum atomic E-state index is -0.139. The highest BCUT2D eigenvalue weighted by Gasteiger charge is 2.24. The van der Waals surface area contributed by atoms with Crippen LogP contribution in [0.2, 0.25) is 0 Å². The molecule has 0 radical (unpaired) electrons. The van der Waals surface area contributed by atoms with Gasteiger partial charge in [-0.15, -0.1) is 0 Å². The number of para-hydroxylation sites is 2. The number of methoxy groups -OCH3 is 1. The maximum absolute atomic E-state index is 11.9. The lowest BCUT2D eigenvalue weighted by atomic mass is 10.1. The van der Waals surface area contributed by atoms with Crippen molar-refractivity contribution in [3.8, 4) is 5.75 Å². The number of benzene rings is 1. The first kappa shape index (κ1) is 17.1. The Labute approximate surface area is 148 Å². The summed E-state index contributed by atoms with van der Waals surface area (Å²) in [4.78, 5) is 18.3. The van der Waals surface area contributed by atoms with E-state index in [9.17, 15) is 4.79 Å². The van der Waals surface area contributed by atoms with Crippen molar-refractivity contribution in [1.29, 1.82) is 0 Å². The highest BCUT2D eigenvalue weighted by Crippen LogP contribution is 2.31. The summed E-state index contributed by atoms with van der Waals surface area (Å²) in [6, 6.07) is 11.7. The molecular formula is C19H24N4O2. The van der Waals surface area contributed by atoms with Crippen molar-refractivity contribution < 1.29 is 9.53 Å². The number of pyridine rings is 1. The Bertz CT molecular complexity index is 693. The van der Waals surface area contributed by atoms with Gasteiger partial charge in [-0.3, -0.25) is 4.98 Å². The third-order valence-electron chi connectivity index (χ3n) is 4.44. The maximum Gasteiger partial charge on any atom is 0.315 e. The number of ether oxygens (including phenoxy) is 1. The van der Waals surface area contributed by atoms with Crippen molar-refractivity contribution in [2.75, 3.05) is 31.6 Å². The van der Waals surface area contributed by atoms with Crippen LogP contribution in [0.5, 0.6) is 5.75 Å². The summed E-state index contributed by atoms with van der Waals surface area (Å²) in [6.07, 6.45) is 4.53. The molecule has 6 heteroatoms. The summed E-state index contributed by atoms with van der Waals surface area (Å²) in [7, 11) is 1.69. The summed E-state index contributed by atoms with van der Waals surface area (Å²) < 4.78 is 5.44. The van der Waals surface area contributed by atoms with Crippen molar-refractivity contribution in [3.63, 3.8) is 0 Å². The standard InChI is InChI=1S/C19H24N4O2/c1-25-18-7-3-2-6-17(18)23-10-8-16(14-23)13-22-19(24)21-12-15-5-4-9-20-11-15/h2-7,9,11,16H,8,10,12-14H2,1H3,(H2,21,22,24)/t16-/m0/s1. The predicted molar refractivity (Wildman–Crippen MR) is 97.8 cm³/mol. The molecule has 1 aliphatic rings. The van der Waals surface area contributed by atoms with Gasteiger partial charge >= 0.3 is 6.03 Å². The smallest absolute Gasteiger partial charge is 0.315 e. The van der Waals surface area contributed by atoms with Gasteiger partial charge < -0.3 is 20.3 Å². The molecule has 132 valence electrons. The minimum Gasteiger partial charge on any atom is -0.495 e. The number of amides is 2. The van der Waals surface area contributed by atoms with Gasteiger partial charge in [0.1, 0.15) is 5.75 Å². The molecule has 6 nitrogen and oxygen atoms in total. The van der Waals surface area contributed by atoms with Crippen LogP contribution in [-0.4, -0.2) is 37.8 Å². The molecular weight excluding hydrogens is 316 g/mol. The van der Waals surface area contributed by atoms with Crippen LogP contribution in [0.3, 0.4) is 0 Å². The van der Waals surface area contributed by atoms with E-state index in [1.54, 1.807) is 19.5 Å². The first-order chi connectivity index (χ1) is 12.3. The number of nitrogens with zero attached hydrogens (tertiary/aromatic N) is 2. The average Bonchev–Trinajstić information content (AvgIpc) is 3.14. The Morgan fingerprint density at radius 1 is 1.28 bits per heavy atom. The molecule has 1 aromatic carbocycles. The van der Waals surface area contributed by atoms with Crippen LogP contribution < -0.4 is 20.3 Å². The Morgan fingerprint density at radius 3 is 2.96 bits per heavy atom. The number of aromatic nitrogens is 1. The number of nitrogens with one attached hydrogen (secondary N) is 2. The molecule has 1 aliphatic heterocycles. The second-order valence-electron chi connectivity index (χ2n) is 6.20.